The maximum absolute atomic E-state index is 14.5. The molecule has 0 amide bonds. The number of anilines is 1. The van der Waals surface area contributed by atoms with E-state index in [9.17, 15) is 9.18 Å². The minimum atomic E-state index is -0.455. The second kappa shape index (κ2) is 11.0. The lowest BCUT2D eigenvalue weighted by molar-refractivity contribution is 0.199. The number of hydrogen-bond donors (Lipinski definition) is 1. The Labute approximate surface area is 232 Å². The molecule has 8 nitrogen and oxygen atoms in total. The second-order valence-electron chi connectivity index (χ2n) is 10.5. The number of tetrazole rings is 1. The van der Waals surface area contributed by atoms with Crippen molar-refractivity contribution in [2.75, 3.05) is 31.1 Å². The third-order valence-electron chi connectivity index (χ3n) is 7.91. The number of nitrogens with zero attached hydrogens (tertiary/aromatic N) is 6. The average molecular weight is 538 g/mol. The zero-order valence-electron chi connectivity index (χ0n) is 22.7. The van der Waals surface area contributed by atoms with E-state index in [1.807, 2.05) is 54.1 Å². The first-order valence-electron chi connectivity index (χ1n) is 13.7. The Balaban J connectivity index is 1.37. The van der Waals surface area contributed by atoms with Gasteiger partial charge in [0, 0.05) is 43.8 Å². The van der Waals surface area contributed by atoms with E-state index in [1.165, 1.54) is 11.6 Å². The van der Waals surface area contributed by atoms with Gasteiger partial charge < -0.3 is 9.88 Å². The van der Waals surface area contributed by atoms with Gasteiger partial charge in [-0.15, -0.1) is 5.10 Å². The Morgan fingerprint density at radius 1 is 0.925 bits per heavy atom. The first-order valence-corrected chi connectivity index (χ1v) is 13.7. The van der Waals surface area contributed by atoms with Crippen molar-refractivity contribution in [1.29, 1.82) is 0 Å². The fourth-order valence-electron chi connectivity index (χ4n) is 5.57. The van der Waals surface area contributed by atoms with Crippen LogP contribution >= 0.6 is 0 Å². The molecular weight excluding hydrogens is 505 g/mol. The summed E-state index contributed by atoms with van der Waals surface area (Å²) in [5, 5.41) is 13.8. The summed E-state index contributed by atoms with van der Waals surface area (Å²) in [6, 6.07) is 22.7. The number of aromatic amines is 1. The van der Waals surface area contributed by atoms with E-state index in [-0.39, 0.29) is 11.4 Å². The molecule has 3 heterocycles. The summed E-state index contributed by atoms with van der Waals surface area (Å²) in [6.45, 7) is 7.17. The van der Waals surface area contributed by atoms with Crippen LogP contribution in [0.1, 0.15) is 34.1 Å². The summed E-state index contributed by atoms with van der Waals surface area (Å²) in [7, 11) is 0. The van der Waals surface area contributed by atoms with Crippen LogP contribution in [0.2, 0.25) is 0 Å². The summed E-state index contributed by atoms with van der Waals surface area (Å²) in [5.74, 6) is 0.401. The maximum atomic E-state index is 14.5. The van der Waals surface area contributed by atoms with E-state index in [0.29, 0.717) is 49.8 Å². The number of H-pyrrole nitrogens is 1. The van der Waals surface area contributed by atoms with E-state index in [4.69, 9.17) is 0 Å². The highest BCUT2D eigenvalue weighted by Gasteiger charge is 2.33. The molecule has 40 heavy (non-hydrogen) atoms. The first-order chi connectivity index (χ1) is 19.5. The van der Waals surface area contributed by atoms with E-state index in [1.54, 1.807) is 6.07 Å². The molecule has 5 aromatic rings. The Bertz CT molecular complexity index is 1690. The molecule has 1 fully saturated rings. The normalized spacial score (nSPS) is 15.0. The van der Waals surface area contributed by atoms with Crippen molar-refractivity contribution in [3.8, 4) is 0 Å². The molecule has 6 rings (SSSR count). The summed E-state index contributed by atoms with van der Waals surface area (Å²) in [6.07, 6.45) is 0.763. The summed E-state index contributed by atoms with van der Waals surface area (Å²) in [5.41, 5.74) is 5.33. The van der Waals surface area contributed by atoms with Crippen molar-refractivity contribution in [3.05, 3.63) is 117 Å². The van der Waals surface area contributed by atoms with Gasteiger partial charge in [-0.3, -0.25) is 9.69 Å². The van der Waals surface area contributed by atoms with Crippen molar-refractivity contribution in [2.45, 2.75) is 32.9 Å². The molecule has 1 aliphatic rings. The zero-order valence-corrected chi connectivity index (χ0v) is 22.7. The molecular formula is C31H32FN7O. The molecule has 0 bridgehead atoms. The van der Waals surface area contributed by atoms with Gasteiger partial charge in [-0.1, -0.05) is 42.5 Å². The summed E-state index contributed by atoms with van der Waals surface area (Å²) >= 11 is 0. The number of hydrogen-bond acceptors (Lipinski definition) is 6. The lowest BCUT2D eigenvalue weighted by atomic mass is 10.00. The number of benzene rings is 3. The van der Waals surface area contributed by atoms with Crippen LogP contribution in [-0.4, -0.2) is 56.3 Å². The highest BCUT2D eigenvalue weighted by Crippen LogP contribution is 2.30. The largest absolute Gasteiger partial charge is 0.367 e. The van der Waals surface area contributed by atoms with Gasteiger partial charge in [0.15, 0.2) is 5.82 Å². The molecule has 1 unspecified atom stereocenters. The van der Waals surface area contributed by atoms with Crippen molar-refractivity contribution in [3.63, 3.8) is 0 Å². The fraction of sp³-hybridized carbons (Fsp3) is 0.290. The van der Waals surface area contributed by atoms with Gasteiger partial charge in [0.2, 0.25) is 0 Å². The van der Waals surface area contributed by atoms with Crippen LogP contribution in [0.15, 0.2) is 77.6 Å². The number of aryl methyl sites for hydroxylation is 4. The first kappa shape index (κ1) is 25.9. The van der Waals surface area contributed by atoms with Crippen molar-refractivity contribution in [1.82, 2.24) is 30.1 Å². The number of para-hydroxylation sites is 1. The van der Waals surface area contributed by atoms with E-state index in [0.717, 1.165) is 28.5 Å². The van der Waals surface area contributed by atoms with Gasteiger partial charge in [-0.2, -0.15) is 0 Å². The number of piperazine rings is 1. The number of aromatic nitrogens is 5. The van der Waals surface area contributed by atoms with Crippen LogP contribution in [0, 0.1) is 19.7 Å². The van der Waals surface area contributed by atoms with Crippen LogP contribution in [-0.2, 0) is 13.0 Å². The lowest BCUT2D eigenvalue weighted by Gasteiger charge is -2.39. The number of pyridine rings is 1. The molecule has 2 aromatic heterocycles. The number of rotatable bonds is 7. The summed E-state index contributed by atoms with van der Waals surface area (Å²) in [4.78, 5) is 21.0. The van der Waals surface area contributed by atoms with Gasteiger partial charge in [0.05, 0.1) is 5.69 Å². The molecule has 3 aromatic carbocycles. The van der Waals surface area contributed by atoms with Gasteiger partial charge in [0.25, 0.3) is 5.56 Å². The number of nitrogens with one attached hydrogen (secondary N) is 1. The van der Waals surface area contributed by atoms with Crippen LogP contribution in [0.3, 0.4) is 0 Å². The number of fused-ring (bicyclic) bond motifs is 1. The maximum Gasteiger partial charge on any atom is 0.253 e. The van der Waals surface area contributed by atoms with Gasteiger partial charge in [-0.05, 0) is 83.1 Å². The molecule has 1 saturated heterocycles. The van der Waals surface area contributed by atoms with Gasteiger partial charge >= 0.3 is 0 Å². The topological polar surface area (TPSA) is 82.9 Å². The molecule has 1 aliphatic heterocycles. The standard InChI is InChI=1S/C31H32FN7O/c1-21-18-24-20-25(31(40)33-27(24)19-22(21)2)29(30-34-35-36-39(30)13-12-23-8-4-3-5-9-23)38-16-14-37(15-17-38)28-11-7-6-10-26(28)32/h3-11,18-20,29H,12-17H2,1-2H3,(H,33,40). The molecule has 0 spiro atoms. The SMILES string of the molecule is Cc1cc2cc(C(c3nnnn3CCc3ccccc3)N3CCN(c4ccccc4F)CC3)c(=O)[nH]c2cc1C. The highest BCUT2D eigenvalue weighted by molar-refractivity contribution is 5.81. The molecule has 0 saturated carbocycles. The number of halogens is 1. The average Bonchev–Trinajstić information content (AvgIpc) is 3.43. The highest BCUT2D eigenvalue weighted by atomic mass is 19.1. The molecule has 0 radical (unpaired) electrons. The predicted molar refractivity (Wildman–Crippen MR) is 154 cm³/mol. The Kier molecular flexibility index (Phi) is 7.13. The van der Waals surface area contributed by atoms with Crippen LogP contribution in [0.4, 0.5) is 10.1 Å². The van der Waals surface area contributed by atoms with Crippen LogP contribution < -0.4 is 10.5 Å². The monoisotopic (exact) mass is 537 g/mol. The molecule has 204 valence electrons. The Morgan fingerprint density at radius 3 is 2.42 bits per heavy atom. The van der Waals surface area contributed by atoms with Gasteiger partial charge in [-0.25, -0.2) is 9.07 Å². The molecule has 0 aliphatic carbocycles. The minimum absolute atomic E-state index is 0.158. The van der Waals surface area contributed by atoms with Crippen molar-refractivity contribution >= 4 is 16.6 Å². The second-order valence-corrected chi connectivity index (χ2v) is 10.5. The van der Waals surface area contributed by atoms with Gasteiger partial charge in [0.1, 0.15) is 11.9 Å². The quantitative estimate of drug-likeness (QED) is 0.331. The van der Waals surface area contributed by atoms with Crippen LogP contribution in [0.25, 0.3) is 10.9 Å². The van der Waals surface area contributed by atoms with E-state index >= 15 is 0 Å². The predicted octanol–water partition coefficient (Wildman–Crippen LogP) is 4.42. The Hall–Kier alpha value is -4.37. The summed E-state index contributed by atoms with van der Waals surface area (Å²) < 4.78 is 16.3. The van der Waals surface area contributed by atoms with Crippen LogP contribution in [0.5, 0.6) is 0 Å². The third-order valence-corrected chi connectivity index (χ3v) is 7.91. The molecule has 1 N–H and O–H groups in total. The van der Waals surface area contributed by atoms with Crippen molar-refractivity contribution in [2.24, 2.45) is 0 Å². The lowest BCUT2D eigenvalue weighted by Crippen LogP contribution is -2.49. The zero-order chi connectivity index (χ0) is 27.6. The smallest absolute Gasteiger partial charge is 0.253 e. The van der Waals surface area contributed by atoms with E-state index < -0.39 is 6.04 Å². The van der Waals surface area contributed by atoms with E-state index in [2.05, 4.69) is 55.4 Å². The van der Waals surface area contributed by atoms with Crippen molar-refractivity contribution < 1.29 is 4.39 Å². The Morgan fingerprint density at radius 2 is 1.65 bits per heavy atom. The molecule has 9 heteroatoms. The molecule has 1 atom stereocenters. The minimum Gasteiger partial charge on any atom is -0.367 e. The third kappa shape index (κ3) is 5.12. The fourth-order valence-corrected chi connectivity index (χ4v) is 5.57.